The molecular formula is C14H20N3O3S+. The summed E-state index contributed by atoms with van der Waals surface area (Å²) in [5.41, 5.74) is 1.76. The second-order valence-corrected chi connectivity index (χ2v) is 4.86. The van der Waals surface area contributed by atoms with E-state index in [1.807, 2.05) is 43.1 Å². The van der Waals surface area contributed by atoms with Gasteiger partial charge < -0.3 is 14.2 Å². The Hall–Kier alpha value is -1.57. The molecule has 2 heterocycles. The van der Waals surface area contributed by atoms with Crippen LogP contribution in [0.3, 0.4) is 0 Å². The molecule has 0 atom stereocenters. The number of aromatic nitrogens is 3. The van der Waals surface area contributed by atoms with Gasteiger partial charge in [0.05, 0.1) is 37.1 Å². The lowest BCUT2D eigenvalue weighted by Crippen LogP contribution is -2.26. The van der Waals surface area contributed by atoms with Gasteiger partial charge in [-0.15, -0.1) is 4.37 Å². The van der Waals surface area contributed by atoms with Gasteiger partial charge in [0.25, 0.3) is 5.88 Å². The highest BCUT2D eigenvalue weighted by atomic mass is 32.1. The summed E-state index contributed by atoms with van der Waals surface area (Å²) in [6.07, 6.45) is 3.96. The lowest BCUT2D eigenvalue weighted by molar-refractivity contribution is -0.671. The van der Waals surface area contributed by atoms with Crippen LogP contribution in [0, 0.1) is 0 Å². The van der Waals surface area contributed by atoms with E-state index >= 15 is 0 Å². The molecular weight excluding hydrogens is 290 g/mol. The number of rotatable bonds is 9. The summed E-state index contributed by atoms with van der Waals surface area (Å²) in [7, 11) is 1.97. The Bertz CT molecular complexity index is 548. The third-order valence-electron chi connectivity index (χ3n) is 2.71. The lowest BCUT2D eigenvalue weighted by atomic mass is 10.2. The molecule has 2 aromatic heterocycles. The fourth-order valence-electron chi connectivity index (χ4n) is 1.74. The maximum absolute atomic E-state index is 5.64. The number of hydrogen-bond acceptors (Lipinski definition) is 6. The maximum atomic E-state index is 5.64. The van der Waals surface area contributed by atoms with Crippen molar-refractivity contribution in [1.29, 1.82) is 0 Å². The summed E-state index contributed by atoms with van der Waals surface area (Å²) in [5, 5.41) is 0. The highest BCUT2D eigenvalue weighted by Gasteiger charge is 2.14. The van der Waals surface area contributed by atoms with E-state index in [0.29, 0.717) is 38.9 Å². The summed E-state index contributed by atoms with van der Waals surface area (Å²) in [4.78, 5) is 0. The fourth-order valence-corrected chi connectivity index (χ4v) is 2.26. The predicted octanol–water partition coefficient (Wildman–Crippen LogP) is 1.46. The SMILES string of the molecule is CCOCCOCCOc1nsnc1-c1ccc[n+](C)c1. The highest BCUT2D eigenvalue weighted by molar-refractivity contribution is 6.99. The van der Waals surface area contributed by atoms with Crippen LogP contribution in [-0.2, 0) is 16.5 Å². The summed E-state index contributed by atoms with van der Waals surface area (Å²) in [5.74, 6) is 0.555. The second-order valence-electron chi connectivity index (χ2n) is 4.33. The molecule has 0 saturated heterocycles. The largest absolute Gasteiger partial charge is 0.473 e. The normalized spacial score (nSPS) is 10.8. The Morgan fingerprint density at radius 1 is 1.14 bits per heavy atom. The molecule has 0 aliphatic rings. The van der Waals surface area contributed by atoms with Crippen LogP contribution in [0.2, 0.25) is 0 Å². The lowest BCUT2D eigenvalue weighted by Gasteiger charge is -2.06. The van der Waals surface area contributed by atoms with E-state index in [-0.39, 0.29) is 0 Å². The molecule has 0 radical (unpaired) electrons. The van der Waals surface area contributed by atoms with Crippen LogP contribution in [0.4, 0.5) is 0 Å². The van der Waals surface area contributed by atoms with E-state index in [1.165, 1.54) is 0 Å². The van der Waals surface area contributed by atoms with Crippen molar-refractivity contribution in [3.63, 3.8) is 0 Å². The Morgan fingerprint density at radius 2 is 1.95 bits per heavy atom. The molecule has 0 aromatic carbocycles. The van der Waals surface area contributed by atoms with E-state index in [1.54, 1.807) is 0 Å². The van der Waals surface area contributed by atoms with Gasteiger partial charge in [-0.25, -0.2) is 4.57 Å². The van der Waals surface area contributed by atoms with Gasteiger partial charge in [0.2, 0.25) is 0 Å². The molecule has 6 nitrogen and oxygen atoms in total. The average Bonchev–Trinajstić information content (AvgIpc) is 2.95. The van der Waals surface area contributed by atoms with Crippen LogP contribution in [-0.4, -0.2) is 41.8 Å². The minimum atomic E-state index is 0.448. The number of aryl methyl sites for hydroxylation is 1. The van der Waals surface area contributed by atoms with Crippen molar-refractivity contribution in [2.75, 3.05) is 33.0 Å². The van der Waals surface area contributed by atoms with E-state index in [9.17, 15) is 0 Å². The molecule has 0 saturated carbocycles. The van der Waals surface area contributed by atoms with Gasteiger partial charge in [0.1, 0.15) is 13.7 Å². The van der Waals surface area contributed by atoms with Gasteiger partial charge in [-0.2, -0.15) is 4.37 Å². The van der Waals surface area contributed by atoms with Gasteiger partial charge in [0.15, 0.2) is 18.1 Å². The molecule has 2 rings (SSSR count). The molecule has 2 aromatic rings. The highest BCUT2D eigenvalue weighted by Crippen LogP contribution is 2.26. The fraction of sp³-hybridized carbons (Fsp3) is 0.500. The molecule has 7 heteroatoms. The standard InChI is InChI=1S/C14H20N3O3S/c1-3-18-7-8-19-9-10-20-14-13(15-21-16-14)12-5-4-6-17(2)11-12/h4-6,11H,3,7-10H2,1-2H3/q+1. The van der Waals surface area contributed by atoms with E-state index in [2.05, 4.69) is 8.75 Å². The van der Waals surface area contributed by atoms with Crippen molar-refractivity contribution in [3.05, 3.63) is 24.5 Å². The smallest absolute Gasteiger partial charge is 0.254 e. The number of hydrogen-bond donors (Lipinski definition) is 0. The minimum Gasteiger partial charge on any atom is -0.473 e. The van der Waals surface area contributed by atoms with Crippen molar-refractivity contribution in [2.45, 2.75) is 6.92 Å². The van der Waals surface area contributed by atoms with Crippen LogP contribution in [0.5, 0.6) is 5.88 Å². The second kappa shape index (κ2) is 8.66. The van der Waals surface area contributed by atoms with E-state index in [4.69, 9.17) is 14.2 Å². The molecule has 0 aliphatic carbocycles. The third-order valence-corrected chi connectivity index (χ3v) is 3.23. The summed E-state index contributed by atoms with van der Waals surface area (Å²) in [6, 6.07) is 3.96. The first-order chi connectivity index (χ1) is 10.3. The third kappa shape index (κ3) is 5.04. The zero-order valence-electron chi connectivity index (χ0n) is 12.3. The van der Waals surface area contributed by atoms with Crippen molar-refractivity contribution < 1.29 is 18.8 Å². The van der Waals surface area contributed by atoms with Crippen molar-refractivity contribution >= 4 is 11.7 Å². The average molecular weight is 310 g/mol. The molecule has 0 N–H and O–H groups in total. The van der Waals surface area contributed by atoms with Gasteiger partial charge in [-0.05, 0) is 13.0 Å². The maximum Gasteiger partial charge on any atom is 0.254 e. The van der Waals surface area contributed by atoms with Crippen molar-refractivity contribution in [3.8, 4) is 17.1 Å². The molecule has 114 valence electrons. The van der Waals surface area contributed by atoms with Crippen LogP contribution in [0.25, 0.3) is 11.3 Å². The minimum absolute atomic E-state index is 0.448. The van der Waals surface area contributed by atoms with Gasteiger partial charge in [-0.1, -0.05) is 0 Å². The van der Waals surface area contributed by atoms with E-state index in [0.717, 1.165) is 23.0 Å². The summed E-state index contributed by atoms with van der Waals surface area (Å²) < 4.78 is 26.7. The molecule has 0 spiro atoms. The Kier molecular flexibility index (Phi) is 6.52. The molecule has 0 aliphatic heterocycles. The molecule has 0 bridgehead atoms. The molecule has 0 unspecified atom stereocenters. The molecule has 21 heavy (non-hydrogen) atoms. The van der Waals surface area contributed by atoms with E-state index < -0.39 is 0 Å². The quantitative estimate of drug-likeness (QED) is 0.518. The van der Waals surface area contributed by atoms with Gasteiger partial charge in [0, 0.05) is 12.7 Å². The Balaban J connectivity index is 1.81. The first-order valence-electron chi connectivity index (χ1n) is 6.87. The van der Waals surface area contributed by atoms with Gasteiger partial charge >= 0.3 is 0 Å². The number of ether oxygens (including phenoxy) is 3. The first-order valence-corrected chi connectivity index (χ1v) is 7.60. The number of nitrogens with zero attached hydrogens (tertiary/aromatic N) is 3. The number of pyridine rings is 1. The van der Waals surface area contributed by atoms with Crippen LogP contribution >= 0.6 is 11.7 Å². The first kappa shape index (κ1) is 15.8. The molecule has 0 fully saturated rings. The van der Waals surface area contributed by atoms with Crippen LogP contribution in [0.15, 0.2) is 24.5 Å². The van der Waals surface area contributed by atoms with Crippen molar-refractivity contribution in [2.24, 2.45) is 7.05 Å². The summed E-state index contributed by atoms with van der Waals surface area (Å²) >= 11 is 1.15. The predicted molar refractivity (Wildman–Crippen MR) is 79.3 cm³/mol. The zero-order chi connectivity index (χ0) is 14.9. The Morgan fingerprint density at radius 3 is 2.76 bits per heavy atom. The van der Waals surface area contributed by atoms with Crippen molar-refractivity contribution in [1.82, 2.24) is 8.75 Å². The van der Waals surface area contributed by atoms with Crippen LogP contribution in [0.1, 0.15) is 6.92 Å². The zero-order valence-corrected chi connectivity index (χ0v) is 13.1. The monoisotopic (exact) mass is 310 g/mol. The Labute approximate surface area is 128 Å². The van der Waals surface area contributed by atoms with Gasteiger partial charge in [-0.3, -0.25) is 0 Å². The molecule has 0 amide bonds. The topological polar surface area (TPSA) is 57.4 Å². The van der Waals surface area contributed by atoms with Crippen LogP contribution < -0.4 is 9.30 Å². The summed E-state index contributed by atoms with van der Waals surface area (Å²) in [6.45, 7) is 4.82.